The minimum atomic E-state index is -0.0667. The summed E-state index contributed by atoms with van der Waals surface area (Å²) >= 11 is 0. The fraction of sp³-hybridized carbons (Fsp3) is 0.350. The number of carbonyl (C=O) groups excluding carboxylic acids is 1. The first kappa shape index (κ1) is 16.5. The van der Waals surface area contributed by atoms with Crippen molar-refractivity contribution < 1.29 is 4.79 Å². The largest absolute Gasteiger partial charge is 0.369 e. The molecule has 3 rings (SSSR count). The van der Waals surface area contributed by atoms with E-state index in [1.807, 2.05) is 43.3 Å². The Balaban J connectivity index is 1.61. The number of amides is 1. The molecule has 1 amide bonds. The molecule has 1 saturated heterocycles. The summed E-state index contributed by atoms with van der Waals surface area (Å²) in [4.78, 5) is 17.2. The van der Waals surface area contributed by atoms with Crippen molar-refractivity contribution >= 4 is 17.3 Å². The molecule has 1 heterocycles. The molecule has 126 valence electrons. The summed E-state index contributed by atoms with van der Waals surface area (Å²) in [5, 5.41) is 2.97. The second-order valence-electron chi connectivity index (χ2n) is 6.29. The maximum absolute atomic E-state index is 12.3. The second kappa shape index (κ2) is 7.49. The lowest BCUT2D eigenvalue weighted by molar-refractivity contribution is 0.102. The lowest BCUT2D eigenvalue weighted by Crippen LogP contribution is -2.46. The van der Waals surface area contributed by atoms with Gasteiger partial charge in [0.15, 0.2) is 0 Å². The maximum atomic E-state index is 12.3. The number of aryl methyl sites for hydroxylation is 1. The van der Waals surface area contributed by atoms with Crippen LogP contribution in [0.5, 0.6) is 0 Å². The van der Waals surface area contributed by atoms with E-state index in [1.165, 1.54) is 5.69 Å². The van der Waals surface area contributed by atoms with Crippen molar-refractivity contribution in [3.63, 3.8) is 0 Å². The van der Waals surface area contributed by atoms with Crippen LogP contribution in [0.3, 0.4) is 0 Å². The zero-order valence-electron chi connectivity index (χ0n) is 14.5. The third-order valence-electron chi connectivity index (χ3n) is 4.59. The van der Waals surface area contributed by atoms with Gasteiger partial charge in [0.25, 0.3) is 5.91 Å². The predicted molar refractivity (Wildman–Crippen MR) is 99.9 cm³/mol. The van der Waals surface area contributed by atoms with E-state index in [0.717, 1.165) is 44.0 Å². The number of anilines is 2. The first-order chi connectivity index (χ1) is 11.7. The van der Waals surface area contributed by atoms with Crippen molar-refractivity contribution in [2.24, 2.45) is 0 Å². The van der Waals surface area contributed by atoms with Crippen molar-refractivity contribution in [1.82, 2.24) is 4.90 Å². The van der Waals surface area contributed by atoms with Crippen LogP contribution < -0.4 is 10.2 Å². The molecule has 1 aliphatic rings. The van der Waals surface area contributed by atoms with Crippen molar-refractivity contribution in [2.45, 2.75) is 13.8 Å². The summed E-state index contributed by atoms with van der Waals surface area (Å²) < 4.78 is 0. The zero-order valence-corrected chi connectivity index (χ0v) is 14.5. The molecule has 0 spiro atoms. The lowest BCUT2D eigenvalue weighted by Gasteiger charge is -2.35. The number of rotatable bonds is 4. The third kappa shape index (κ3) is 3.95. The standard InChI is InChI=1S/C20H25N3O/c1-3-22-11-13-23(14-12-22)19-9-7-18(8-10-19)21-20(24)17-6-4-5-16(2)15-17/h4-10,15H,3,11-14H2,1-2H3,(H,21,24). The molecule has 1 fully saturated rings. The Kier molecular flexibility index (Phi) is 5.16. The first-order valence-corrected chi connectivity index (χ1v) is 8.61. The number of nitrogens with one attached hydrogen (secondary N) is 1. The molecule has 0 radical (unpaired) electrons. The number of benzene rings is 2. The SMILES string of the molecule is CCN1CCN(c2ccc(NC(=O)c3cccc(C)c3)cc2)CC1. The monoisotopic (exact) mass is 323 g/mol. The van der Waals surface area contributed by atoms with Gasteiger partial charge in [0, 0.05) is 43.1 Å². The molecule has 0 saturated carbocycles. The van der Waals surface area contributed by atoms with Crippen molar-refractivity contribution in [1.29, 1.82) is 0 Å². The van der Waals surface area contributed by atoms with Crippen LogP contribution in [0.15, 0.2) is 48.5 Å². The Morgan fingerprint density at radius 2 is 1.75 bits per heavy atom. The molecule has 4 heteroatoms. The van der Waals surface area contributed by atoms with Gasteiger partial charge < -0.3 is 15.1 Å². The van der Waals surface area contributed by atoms with Crippen LogP contribution in [0.1, 0.15) is 22.8 Å². The third-order valence-corrected chi connectivity index (χ3v) is 4.59. The van der Waals surface area contributed by atoms with Gasteiger partial charge in [0.2, 0.25) is 0 Å². The molecule has 1 aliphatic heterocycles. The molecule has 0 atom stereocenters. The van der Waals surface area contributed by atoms with Gasteiger partial charge >= 0.3 is 0 Å². The zero-order chi connectivity index (χ0) is 16.9. The van der Waals surface area contributed by atoms with Crippen molar-refractivity contribution in [3.05, 3.63) is 59.7 Å². The van der Waals surface area contributed by atoms with E-state index in [1.54, 1.807) is 0 Å². The molecule has 2 aromatic carbocycles. The number of nitrogens with zero attached hydrogens (tertiary/aromatic N) is 2. The van der Waals surface area contributed by atoms with Crippen LogP contribution in [0.2, 0.25) is 0 Å². The van der Waals surface area contributed by atoms with Crippen molar-refractivity contribution in [3.8, 4) is 0 Å². The minimum absolute atomic E-state index is 0.0667. The Labute approximate surface area is 144 Å². The van der Waals surface area contributed by atoms with Crippen LogP contribution >= 0.6 is 0 Å². The van der Waals surface area contributed by atoms with Crippen LogP contribution in [-0.2, 0) is 0 Å². The highest BCUT2D eigenvalue weighted by Crippen LogP contribution is 2.20. The van der Waals surface area contributed by atoms with Gasteiger partial charge in [-0.1, -0.05) is 24.6 Å². The van der Waals surface area contributed by atoms with Gasteiger partial charge in [-0.05, 0) is 49.9 Å². The maximum Gasteiger partial charge on any atom is 0.255 e. The summed E-state index contributed by atoms with van der Waals surface area (Å²) in [6.45, 7) is 9.67. The Morgan fingerprint density at radius 1 is 1.04 bits per heavy atom. The molecule has 0 bridgehead atoms. The molecular formula is C20H25N3O. The molecule has 1 N–H and O–H groups in total. The summed E-state index contributed by atoms with van der Waals surface area (Å²) in [7, 11) is 0. The fourth-order valence-electron chi connectivity index (χ4n) is 3.07. The summed E-state index contributed by atoms with van der Waals surface area (Å²) in [5.41, 5.74) is 3.83. The molecule has 2 aromatic rings. The quantitative estimate of drug-likeness (QED) is 0.937. The highest BCUT2D eigenvalue weighted by Gasteiger charge is 2.15. The first-order valence-electron chi connectivity index (χ1n) is 8.61. The van der Waals surface area contributed by atoms with Gasteiger partial charge in [-0.15, -0.1) is 0 Å². The van der Waals surface area contributed by atoms with E-state index in [4.69, 9.17) is 0 Å². The van der Waals surface area contributed by atoms with E-state index in [0.29, 0.717) is 5.56 Å². The molecule has 24 heavy (non-hydrogen) atoms. The normalized spacial score (nSPS) is 15.3. The second-order valence-corrected chi connectivity index (χ2v) is 6.29. The number of piperazine rings is 1. The number of hydrogen-bond donors (Lipinski definition) is 1. The molecule has 4 nitrogen and oxygen atoms in total. The smallest absolute Gasteiger partial charge is 0.255 e. The van der Waals surface area contributed by atoms with E-state index in [2.05, 4.69) is 34.2 Å². The predicted octanol–water partition coefficient (Wildman–Crippen LogP) is 3.39. The minimum Gasteiger partial charge on any atom is -0.369 e. The van der Waals surface area contributed by atoms with Gasteiger partial charge in [-0.25, -0.2) is 0 Å². The van der Waals surface area contributed by atoms with Gasteiger partial charge in [-0.3, -0.25) is 4.79 Å². The van der Waals surface area contributed by atoms with Crippen LogP contribution in [0.4, 0.5) is 11.4 Å². The van der Waals surface area contributed by atoms with Crippen LogP contribution in [0, 0.1) is 6.92 Å². The Hall–Kier alpha value is -2.33. The molecular weight excluding hydrogens is 298 g/mol. The van der Waals surface area contributed by atoms with Gasteiger partial charge in [0.05, 0.1) is 0 Å². The van der Waals surface area contributed by atoms with E-state index in [9.17, 15) is 4.79 Å². The van der Waals surface area contributed by atoms with Gasteiger partial charge in [-0.2, -0.15) is 0 Å². The van der Waals surface area contributed by atoms with Crippen LogP contribution in [0.25, 0.3) is 0 Å². The number of likely N-dealkylation sites (N-methyl/N-ethyl adjacent to an activating group) is 1. The average molecular weight is 323 g/mol. The summed E-state index contributed by atoms with van der Waals surface area (Å²) in [6.07, 6.45) is 0. The lowest BCUT2D eigenvalue weighted by atomic mass is 10.1. The molecule has 0 aliphatic carbocycles. The Morgan fingerprint density at radius 3 is 2.38 bits per heavy atom. The molecule has 0 unspecified atom stereocenters. The molecule has 0 aromatic heterocycles. The van der Waals surface area contributed by atoms with E-state index < -0.39 is 0 Å². The summed E-state index contributed by atoms with van der Waals surface area (Å²) in [6, 6.07) is 15.8. The average Bonchev–Trinajstić information content (AvgIpc) is 2.62. The highest BCUT2D eigenvalue weighted by molar-refractivity contribution is 6.04. The van der Waals surface area contributed by atoms with E-state index in [-0.39, 0.29) is 5.91 Å². The van der Waals surface area contributed by atoms with Crippen LogP contribution in [-0.4, -0.2) is 43.5 Å². The van der Waals surface area contributed by atoms with E-state index >= 15 is 0 Å². The number of carbonyl (C=O) groups is 1. The Bertz CT molecular complexity index is 688. The summed E-state index contributed by atoms with van der Waals surface area (Å²) in [5.74, 6) is -0.0667. The topological polar surface area (TPSA) is 35.6 Å². The fourth-order valence-corrected chi connectivity index (χ4v) is 3.07. The van der Waals surface area contributed by atoms with Crippen molar-refractivity contribution in [2.75, 3.05) is 42.9 Å². The van der Waals surface area contributed by atoms with Gasteiger partial charge in [0.1, 0.15) is 0 Å². The highest BCUT2D eigenvalue weighted by atomic mass is 16.1. The number of hydrogen-bond acceptors (Lipinski definition) is 3.